The van der Waals surface area contributed by atoms with Gasteiger partial charge in [0.1, 0.15) is 5.82 Å². The van der Waals surface area contributed by atoms with E-state index in [-0.39, 0.29) is 16.6 Å². The molecule has 3 aromatic rings. The molecule has 3 nitrogen and oxygen atoms in total. The van der Waals surface area contributed by atoms with E-state index < -0.39 is 46.7 Å². The van der Waals surface area contributed by atoms with Gasteiger partial charge in [-0.25, -0.2) is 9.18 Å². The topological polar surface area (TPSA) is 29.5 Å². The van der Waals surface area contributed by atoms with Crippen LogP contribution in [0.3, 0.4) is 0 Å². The highest BCUT2D eigenvalue weighted by Gasteiger charge is 2.41. The van der Waals surface area contributed by atoms with Gasteiger partial charge in [-0.05, 0) is 47.8 Å². The first kappa shape index (κ1) is 22.6. The van der Waals surface area contributed by atoms with Crippen molar-refractivity contribution in [3.05, 3.63) is 70.9 Å². The van der Waals surface area contributed by atoms with Crippen LogP contribution >= 0.6 is 11.3 Å². The second-order valence-electron chi connectivity index (χ2n) is 6.28. The zero-order chi connectivity index (χ0) is 23.0. The van der Waals surface area contributed by atoms with Crippen LogP contribution in [0.4, 0.5) is 41.2 Å². The minimum absolute atomic E-state index is 0.0452. The SMILES string of the molecule is CN(C(=O)Oc1c(-c2cccs2)cc(C(F)(F)F)cc1C(F)(F)F)c1ccc(F)cc1. The number of hydrogen-bond acceptors (Lipinski definition) is 3. The van der Waals surface area contributed by atoms with Crippen molar-refractivity contribution < 1.29 is 40.3 Å². The minimum atomic E-state index is -5.24. The molecule has 0 spiro atoms. The summed E-state index contributed by atoms with van der Waals surface area (Å²) in [5.74, 6) is -1.66. The molecule has 164 valence electrons. The number of alkyl halides is 6. The minimum Gasteiger partial charge on any atom is -0.409 e. The Morgan fingerprint density at radius 3 is 2.13 bits per heavy atom. The summed E-state index contributed by atoms with van der Waals surface area (Å²) < 4.78 is 98.7. The Balaban J connectivity index is 2.13. The lowest BCUT2D eigenvalue weighted by Crippen LogP contribution is -2.30. The van der Waals surface area contributed by atoms with Crippen LogP contribution in [-0.4, -0.2) is 13.1 Å². The molecule has 0 aliphatic rings. The van der Waals surface area contributed by atoms with Crippen molar-refractivity contribution in [2.45, 2.75) is 12.4 Å². The Kier molecular flexibility index (Phi) is 5.99. The lowest BCUT2D eigenvalue weighted by Gasteiger charge is -2.22. The predicted molar refractivity (Wildman–Crippen MR) is 101 cm³/mol. The van der Waals surface area contributed by atoms with Gasteiger partial charge in [0.25, 0.3) is 0 Å². The second kappa shape index (κ2) is 8.22. The molecule has 31 heavy (non-hydrogen) atoms. The molecule has 1 amide bonds. The van der Waals surface area contributed by atoms with Crippen molar-refractivity contribution in [3.63, 3.8) is 0 Å². The quantitative estimate of drug-likeness (QED) is 0.384. The number of ether oxygens (including phenoxy) is 1. The largest absolute Gasteiger partial charge is 0.420 e. The molecule has 0 fully saturated rings. The van der Waals surface area contributed by atoms with Gasteiger partial charge in [0.15, 0.2) is 5.75 Å². The highest BCUT2D eigenvalue weighted by molar-refractivity contribution is 7.13. The number of thiophene rings is 1. The van der Waals surface area contributed by atoms with Gasteiger partial charge in [-0.15, -0.1) is 11.3 Å². The molecule has 0 unspecified atom stereocenters. The Morgan fingerprint density at radius 1 is 0.968 bits per heavy atom. The van der Waals surface area contributed by atoms with E-state index in [4.69, 9.17) is 4.74 Å². The fourth-order valence-electron chi connectivity index (χ4n) is 2.65. The lowest BCUT2D eigenvalue weighted by molar-refractivity contribution is -0.143. The third kappa shape index (κ3) is 4.98. The highest BCUT2D eigenvalue weighted by Crippen LogP contribution is 2.47. The Labute approximate surface area is 175 Å². The summed E-state index contributed by atoms with van der Waals surface area (Å²) in [5, 5.41) is 1.46. The molecular formula is C20H12F7NO2S. The number of carbonyl (C=O) groups excluding carboxylic acids is 1. The molecule has 0 aliphatic heterocycles. The Morgan fingerprint density at radius 2 is 1.61 bits per heavy atom. The maximum absolute atomic E-state index is 13.6. The summed E-state index contributed by atoms with van der Waals surface area (Å²) in [5.41, 5.74) is -3.70. The van der Waals surface area contributed by atoms with E-state index in [0.717, 1.165) is 35.4 Å². The van der Waals surface area contributed by atoms with Gasteiger partial charge in [-0.1, -0.05) is 6.07 Å². The molecule has 11 heteroatoms. The number of hydrogen-bond donors (Lipinski definition) is 0. The van der Waals surface area contributed by atoms with Crippen LogP contribution < -0.4 is 9.64 Å². The van der Waals surface area contributed by atoms with Crippen molar-refractivity contribution in [1.29, 1.82) is 0 Å². The van der Waals surface area contributed by atoms with E-state index in [1.54, 1.807) is 0 Å². The maximum atomic E-state index is 13.6. The maximum Gasteiger partial charge on any atom is 0.420 e. The summed E-state index contributed by atoms with van der Waals surface area (Å²) in [6.45, 7) is 0. The number of benzene rings is 2. The summed E-state index contributed by atoms with van der Waals surface area (Å²) in [6.07, 6.45) is -11.6. The van der Waals surface area contributed by atoms with Crippen LogP contribution in [0.5, 0.6) is 5.75 Å². The number of carbonyl (C=O) groups is 1. The third-order valence-electron chi connectivity index (χ3n) is 4.19. The fraction of sp³-hybridized carbons (Fsp3) is 0.150. The molecule has 0 atom stereocenters. The van der Waals surface area contributed by atoms with E-state index in [1.165, 1.54) is 29.6 Å². The monoisotopic (exact) mass is 463 g/mol. The Hall–Kier alpha value is -3.08. The van der Waals surface area contributed by atoms with Crippen molar-refractivity contribution in [1.82, 2.24) is 0 Å². The van der Waals surface area contributed by atoms with Gasteiger partial charge in [-0.3, -0.25) is 4.90 Å². The first-order valence-electron chi connectivity index (χ1n) is 8.45. The third-order valence-corrected chi connectivity index (χ3v) is 5.09. The zero-order valence-electron chi connectivity index (χ0n) is 15.5. The molecular weight excluding hydrogens is 451 g/mol. The molecule has 2 aromatic carbocycles. The molecule has 0 saturated carbocycles. The predicted octanol–water partition coefficient (Wildman–Crippen LogP) is 7.23. The summed E-state index contributed by atoms with van der Waals surface area (Å²) >= 11 is 0.881. The molecule has 0 bridgehead atoms. The number of nitrogens with zero attached hydrogens (tertiary/aromatic N) is 1. The van der Waals surface area contributed by atoms with Crippen LogP contribution in [0, 0.1) is 5.82 Å². The fourth-order valence-corrected chi connectivity index (χ4v) is 3.39. The molecule has 0 radical (unpaired) electrons. The van der Waals surface area contributed by atoms with Crippen LogP contribution in [0.1, 0.15) is 11.1 Å². The molecule has 3 rings (SSSR count). The van der Waals surface area contributed by atoms with Gasteiger partial charge in [0.05, 0.1) is 11.1 Å². The second-order valence-corrected chi connectivity index (χ2v) is 7.22. The summed E-state index contributed by atoms with van der Waals surface area (Å²) in [6, 6.07) is 7.57. The van der Waals surface area contributed by atoms with Crippen molar-refractivity contribution in [3.8, 4) is 16.2 Å². The number of anilines is 1. The molecule has 0 saturated heterocycles. The number of halogens is 7. The molecule has 0 N–H and O–H groups in total. The van der Waals surface area contributed by atoms with E-state index in [2.05, 4.69) is 0 Å². The van der Waals surface area contributed by atoms with Gasteiger partial charge in [0.2, 0.25) is 0 Å². The smallest absolute Gasteiger partial charge is 0.409 e. The molecule has 1 heterocycles. The van der Waals surface area contributed by atoms with Crippen molar-refractivity contribution >= 4 is 23.1 Å². The van der Waals surface area contributed by atoms with Gasteiger partial charge in [-0.2, -0.15) is 26.3 Å². The van der Waals surface area contributed by atoms with E-state index in [9.17, 15) is 35.5 Å². The number of amides is 1. The van der Waals surface area contributed by atoms with Gasteiger partial charge >= 0.3 is 18.4 Å². The van der Waals surface area contributed by atoms with Crippen LogP contribution in [0.15, 0.2) is 53.9 Å². The number of rotatable bonds is 3. The van der Waals surface area contributed by atoms with Crippen LogP contribution in [0.2, 0.25) is 0 Å². The average molecular weight is 463 g/mol. The van der Waals surface area contributed by atoms with E-state index in [0.29, 0.717) is 6.07 Å². The van der Waals surface area contributed by atoms with Gasteiger partial charge < -0.3 is 4.74 Å². The molecule has 1 aromatic heterocycles. The van der Waals surface area contributed by atoms with Crippen LogP contribution in [-0.2, 0) is 12.4 Å². The average Bonchev–Trinajstić information content (AvgIpc) is 3.21. The standard InChI is InChI=1S/C20H12F7NO2S/c1-28(13-6-4-12(21)5-7-13)18(29)30-17-14(16-3-2-8-31-16)9-11(19(22,23)24)10-15(17)20(25,26)27/h2-10H,1H3. The molecule has 0 aliphatic carbocycles. The first-order valence-corrected chi connectivity index (χ1v) is 9.33. The normalized spacial score (nSPS) is 12.0. The van der Waals surface area contributed by atoms with E-state index >= 15 is 0 Å². The van der Waals surface area contributed by atoms with E-state index in [1.807, 2.05) is 0 Å². The Bertz CT molecular complexity index is 1070. The highest BCUT2D eigenvalue weighted by atomic mass is 32.1. The van der Waals surface area contributed by atoms with Gasteiger partial charge in [0, 0.05) is 23.2 Å². The summed E-state index contributed by atoms with van der Waals surface area (Å²) in [4.78, 5) is 13.4. The summed E-state index contributed by atoms with van der Waals surface area (Å²) in [7, 11) is 1.16. The van der Waals surface area contributed by atoms with Crippen LogP contribution in [0.25, 0.3) is 10.4 Å². The zero-order valence-corrected chi connectivity index (χ0v) is 16.3. The lowest BCUT2D eigenvalue weighted by atomic mass is 10.0. The first-order chi connectivity index (χ1) is 14.4. The van der Waals surface area contributed by atoms with Crippen molar-refractivity contribution in [2.24, 2.45) is 0 Å². The van der Waals surface area contributed by atoms with Crippen molar-refractivity contribution in [2.75, 3.05) is 11.9 Å².